The third-order valence-corrected chi connectivity index (χ3v) is 13.3. The summed E-state index contributed by atoms with van der Waals surface area (Å²) >= 11 is 0. The summed E-state index contributed by atoms with van der Waals surface area (Å²) in [4.78, 5) is 10.7. The van der Waals surface area contributed by atoms with Crippen molar-refractivity contribution in [3.05, 3.63) is 230 Å². The summed E-state index contributed by atoms with van der Waals surface area (Å²) < 4.78 is 0. The van der Waals surface area contributed by atoms with Crippen molar-refractivity contribution in [3.8, 4) is 78.4 Å². The predicted molar refractivity (Wildman–Crippen MR) is 265 cm³/mol. The highest BCUT2D eigenvalue weighted by Gasteiger charge is 2.37. The molecular weight excluding hydrogens is 761 g/mol. The van der Waals surface area contributed by atoms with Crippen LogP contribution in [-0.2, 0) is 5.41 Å². The molecule has 0 atom stereocenters. The molecule has 0 aliphatic heterocycles. The third-order valence-electron chi connectivity index (χ3n) is 13.3. The molecule has 0 unspecified atom stereocenters. The summed E-state index contributed by atoms with van der Waals surface area (Å²) in [5, 5.41) is 7.49. The number of nitrogens with zero attached hydrogens (tertiary/aromatic N) is 2. The first kappa shape index (κ1) is 36.9. The molecule has 0 saturated heterocycles. The SMILES string of the molecule is CC1(C)c2ccccc2-c2cccc(-c3ccc(-c4cc(-c5ccccc5-c5ccccc5)nc(-c5ccc(-c6c7ccccc7cc7c6ccc6ccccc67)cc5)n4)cc3)c21. The third kappa shape index (κ3) is 6.09. The van der Waals surface area contributed by atoms with Crippen LogP contribution in [0.25, 0.3) is 111 Å². The molecule has 0 bridgehead atoms. The van der Waals surface area contributed by atoms with Crippen molar-refractivity contribution >= 4 is 32.3 Å². The molecule has 0 N–H and O–H groups in total. The molecule has 2 nitrogen and oxygen atoms in total. The highest BCUT2D eigenvalue weighted by molar-refractivity contribution is 6.20. The summed E-state index contributed by atoms with van der Waals surface area (Å²) in [6, 6.07) is 79.0. The predicted octanol–water partition coefficient (Wildman–Crippen LogP) is 16.2. The zero-order chi connectivity index (χ0) is 42.1. The Kier molecular flexibility index (Phi) is 8.55. The zero-order valence-corrected chi connectivity index (χ0v) is 35.2. The molecule has 0 fully saturated rings. The van der Waals surface area contributed by atoms with Crippen molar-refractivity contribution in [2.75, 3.05) is 0 Å². The molecular formula is C61H42N2. The highest BCUT2D eigenvalue weighted by atomic mass is 14.9. The van der Waals surface area contributed by atoms with E-state index in [1.54, 1.807) is 0 Å². The quantitative estimate of drug-likeness (QED) is 0.124. The number of benzene rings is 10. The van der Waals surface area contributed by atoms with E-state index in [9.17, 15) is 0 Å². The van der Waals surface area contributed by atoms with Gasteiger partial charge in [0.15, 0.2) is 5.82 Å². The van der Waals surface area contributed by atoms with Gasteiger partial charge in [-0.2, -0.15) is 0 Å². The number of hydrogen-bond donors (Lipinski definition) is 0. The first-order chi connectivity index (χ1) is 31.0. The van der Waals surface area contributed by atoms with E-state index in [1.165, 1.54) is 71.3 Å². The van der Waals surface area contributed by atoms with Gasteiger partial charge in [0.05, 0.1) is 11.4 Å². The first-order valence-electron chi connectivity index (χ1n) is 21.8. The van der Waals surface area contributed by atoms with E-state index in [0.29, 0.717) is 5.82 Å². The molecule has 10 aromatic carbocycles. The number of hydrogen-bond acceptors (Lipinski definition) is 2. The molecule has 0 radical (unpaired) electrons. The van der Waals surface area contributed by atoms with Crippen molar-refractivity contribution < 1.29 is 0 Å². The van der Waals surface area contributed by atoms with Crippen LogP contribution in [0.5, 0.6) is 0 Å². The minimum Gasteiger partial charge on any atom is -0.228 e. The van der Waals surface area contributed by atoms with Crippen molar-refractivity contribution in [1.82, 2.24) is 9.97 Å². The van der Waals surface area contributed by atoms with Crippen LogP contribution in [0.15, 0.2) is 218 Å². The highest BCUT2D eigenvalue weighted by Crippen LogP contribution is 2.52. The van der Waals surface area contributed by atoms with Gasteiger partial charge in [0.25, 0.3) is 0 Å². The average molecular weight is 803 g/mol. The van der Waals surface area contributed by atoms with E-state index in [0.717, 1.165) is 44.8 Å². The lowest BCUT2D eigenvalue weighted by molar-refractivity contribution is 0.662. The molecule has 0 spiro atoms. The Balaban J connectivity index is 0.989. The van der Waals surface area contributed by atoms with Crippen LogP contribution in [0.4, 0.5) is 0 Å². The average Bonchev–Trinajstić information content (AvgIpc) is 3.59. The molecule has 1 aliphatic rings. The zero-order valence-electron chi connectivity index (χ0n) is 35.2. The van der Waals surface area contributed by atoms with Gasteiger partial charge in [-0.3, -0.25) is 0 Å². The maximum Gasteiger partial charge on any atom is 0.160 e. The molecule has 63 heavy (non-hydrogen) atoms. The van der Waals surface area contributed by atoms with E-state index >= 15 is 0 Å². The van der Waals surface area contributed by atoms with Crippen molar-refractivity contribution in [1.29, 1.82) is 0 Å². The van der Waals surface area contributed by atoms with Crippen LogP contribution in [-0.4, -0.2) is 9.97 Å². The summed E-state index contributed by atoms with van der Waals surface area (Å²) in [6.07, 6.45) is 0. The van der Waals surface area contributed by atoms with Crippen molar-refractivity contribution in [2.45, 2.75) is 19.3 Å². The second-order valence-electron chi connectivity index (χ2n) is 17.3. The van der Waals surface area contributed by atoms with Crippen LogP contribution in [0.2, 0.25) is 0 Å². The van der Waals surface area contributed by atoms with Gasteiger partial charge in [0, 0.05) is 22.1 Å². The van der Waals surface area contributed by atoms with Gasteiger partial charge >= 0.3 is 0 Å². The standard InChI is InChI=1S/C61H42N2/c1-61(2)55-26-13-12-22-50(55)53-25-14-24-49(59(53)61)41-27-29-42(30-28-41)56-38-57(51-23-11-10-19-46(51)39-15-4-3-5-16-39)63-60(62-56)44-33-31-43(32-34-44)58-48-21-9-7-18-45(48)37-54-47-20-8-6-17-40(47)35-36-52(54)58/h3-38H,1-2H3. The van der Waals surface area contributed by atoms with Crippen LogP contribution < -0.4 is 0 Å². The maximum atomic E-state index is 5.35. The molecule has 1 aromatic heterocycles. The van der Waals surface area contributed by atoms with Gasteiger partial charge in [-0.15, -0.1) is 0 Å². The largest absolute Gasteiger partial charge is 0.228 e. The molecule has 11 aromatic rings. The Hall–Kier alpha value is -7.94. The fourth-order valence-corrected chi connectivity index (χ4v) is 10.3. The van der Waals surface area contributed by atoms with E-state index in [2.05, 4.69) is 232 Å². The molecule has 12 rings (SSSR count). The van der Waals surface area contributed by atoms with Crippen LogP contribution >= 0.6 is 0 Å². The number of aromatic nitrogens is 2. The van der Waals surface area contributed by atoms with E-state index < -0.39 is 0 Å². The second-order valence-corrected chi connectivity index (χ2v) is 17.3. The van der Waals surface area contributed by atoms with Gasteiger partial charge in [-0.05, 0) is 100 Å². The van der Waals surface area contributed by atoms with Crippen LogP contribution in [0.1, 0.15) is 25.0 Å². The van der Waals surface area contributed by atoms with Crippen LogP contribution in [0, 0.1) is 0 Å². The number of rotatable bonds is 6. The molecule has 1 heterocycles. The van der Waals surface area contributed by atoms with Crippen LogP contribution in [0.3, 0.4) is 0 Å². The Morgan fingerprint density at radius 2 is 0.889 bits per heavy atom. The smallest absolute Gasteiger partial charge is 0.160 e. The Bertz CT molecular complexity index is 3560. The fourth-order valence-electron chi connectivity index (χ4n) is 10.3. The topological polar surface area (TPSA) is 25.8 Å². The van der Waals surface area contributed by atoms with Gasteiger partial charge in [0.2, 0.25) is 0 Å². The summed E-state index contributed by atoms with van der Waals surface area (Å²) in [6.45, 7) is 4.71. The minimum absolute atomic E-state index is 0.103. The van der Waals surface area contributed by atoms with Gasteiger partial charge in [-0.25, -0.2) is 9.97 Å². The number of fused-ring (bicyclic) bond motifs is 7. The normalized spacial score (nSPS) is 12.7. The van der Waals surface area contributed by atoms with E-state index in [-0.39, 0.29) is 5.41 Å². The first-order valence-corrected chi connectivity index (χ1v) is 21.8. The summed E-state index contributed by atoms with van der Waals surface area (Å²) in [5.74, 6) is 0.690. The van der Waals surface area contributed by atoms with Crippen molar-refractivity contribution in [3.63, 3.8) is 0 Å². The molecule has 296 valence electrons. The second kappa shape index (κ2) is 14.6. The Morgan fingerprint density at radius 3 is 1.70 bits per heavy atom. The minimum atomic E-state index is -0.103. The van der Waals surface area contributed by atoms with E-state index in [1.807, 2.05) is 0 Å². The Morgan fingerprint density at radius 1 is 0.317 bits per heavy atom. The van der Waals surface area contributed by atoms with Gasteiger partial charge < -0.3 is 0 Å². The lowest BCUT2D eigenvalue weighted by Crippen LogP contribution is -2.16. The Labute approximate surface area is 367 Å². The molecule has 0 amide bonds. The van der Waals surface area contributed by atoms with E-state index in [4.69, 9.17) is 9.97 Å². The molecule has 2 heteroatoms. The summed E-state index contributed by atoms with van der Waals surface area (Å²) in [7, 11) is 0. The monoisotopic (exact) mass is 802 g/mol. The van der Waals surface area contributed by atoms with Gasteiger partial charge in [0.1, 0.15) is 0 Å². The lowest BCUT2D eigenvalue weighted by atomic mass is 9.79. The molecule has 1 aliphatic carbocycles. The van der Waals surface area contributed by atoms with Gasteiger partial charge in [-0.1, -0.05) is 220 Å². The summed E-state index contributed by atoms with van der Waals surface area (Å²) in [5.41, 5.74) is 17.3. The van der Waals surface area contributed by atoms with Crippen molar-refractivity contribution in [2.24, 2.45) is 0 Å². The lowest BCUT2D eigenvalue weighted by Gasteiger charge is -2.24. The maximum absolute atomic E-state index is 5.35. The molecule has 0 saturated carbocycles. The fraction of sp³-hybridized carbons (Fsp3) is 0.0492.